The van der Waals surface area contributed by atoms with Gasteiger partial charge in [-0.1, -0.05) is 6.92 Å². The van der Waals surface area contributed by atoms with Crippen LogP contribution in [0.2, 0.25) is 0 Å². The van der Waals surface area contributed by atoms with E-state index in [9.17, 15) is 4.39 Å². The van der Waals surface area contributed by atoms with Crippen LogP contribution in [0.1, 0.15) is 43.7 Å². The predicted octanol–water partition coefficient (Wildman–Crippen LogP) is 3.09. The summed E-state index contributed by atoms with van der Waals surface area (Å²) in [6.07, 6.45) is 3.25. The first kappa shape index (κ1) is 21.1. The Labute approximate surface area is 185 Å². The standard InChI is InChI=1S/C23H27FN6O2/c1-23(10-25)11-31-22(32-12-23)21-29-18(14-4-6-15(24)7-5-14)19(30-21)16-8-9-27-20(28-16)17(26)13-2-3-13/h4-9,13,17,22H,2-3,10-12,25-26H2,1H3,(H,29,30). The van der Waals surface area contributed by atoms with Crippen LogP contribution in [0.3, 0.4) is 0 Å². The number of ether oxygens (including phenoxy) is 2. The molecule has 8 nitrogen and oxygen atoms in total. The maximum absolute atomic E-state index is 13.5. The Balaban J connectivity index is 1.52. The zero-order valence-corrected chi connectivity index (χ0v) is 17.9. The number of H-pyrrole nitrogens is 1. The molecule has 0 radical (unpaired) electrons. The lowest BCUT2D eigenvalue weighted by Gasteiger charge is -2.35. The number of hydrogen-bond donors (Lipinski definition) is 3. The maximum atomic E-state index is 13.5. The van der Waals surface area contributed by atoms with Gasteiger partial charge in [0.1, 0.15) is 11.6 Å². The Morgan fingerprint density at radius 3 is 2.53 bits per heavy atom. The second kappa shape index (κ2) is 8.32. The van der Waals surface area contributed by atoms with Crippen molar-refractivity contribution in [1.29, 1.82) is 0 Å². The van der Waals surface area contributed by atoms with Crippen LogP contribution in [-0.4, -0.2) is 39.7 Å². The molecular weight excluding hydrogens is 411 g/mol. The lowest BCUT2D eigenvalue weighted by molar-refractivity contribution is -0.231. The highest BCUT2D eigenvalue weighted by Gasteiger charge is 2.35. The summed E-state index contributed by atoms with van der Waals surface area (Å²) < 4.78 is 25.4. The Kier molecular flexibility index (Phi) is 5.50. The van der Waals surface area contributed by atoms with Gasteiger partial charge >= 0.3 is 0 Å². The van der Waals surface area contributed by atoms with Crippen molar-refractivity contribution in [2.75, 3.05) is 19.8 Å². The van der Waals surface area contributed by atoms with Gasteiger partial charge in [-0.3, -0.25) is 0 Å². The maximum Gasteiger partial charge on any atom is 0.217 e. The average molecular weight is 439 g/mol. The second-order valence-corrected chi connectivity index (χ2v) is 8.98. The van der Waals surface area contributed by atoms with Crippen molar-refractivity contribution >= 4 is 0 Å². The van der Waals surface area contributed by atoms with E-state index in [1.807, 2.05) is 13.0 Å². The van der Waals surface area contributed by atoms with Crippen molar-refractivity contribution in [3.8, 4) is 22.6 Å². The molecule has 1 aliphatic heterocycles. The highest BCUT2D eigenvalue weighted by Crippen LogP contribution is 2.39. The molecule has 5 rings (SSSR count). The van der Waals surface area contributed by atoms with Gasteiger partial charge in [0.15, 0.2) is 5.82 Å². The first-order valence-corrected chi connectivity index (χ1v) is 10.8. The topological polar surface area (TPSA) is 125 Å². The minimum atomic E-state index is -0.655. The van der Waals surface area contributed by atoms with Crippen LogP contribution >= 0.6 is 0 Å². The average Bonchev–Trinajstić information content (AvgIpc) is 3.58. The zero-order chi connectivity index (χ0) is 22.3. The van der Waals surface area contributed by atoms with Crippen molar-refractivity contribution in [2.45, 2.75) is 32.1 Å². The number of hydrogen-bond acceptors (Lipinski definition) is 7. The first-order chi connectivity index (χ1) is 15.5. The quantitative estimate of drug-likeness (QED) is 0.540. The lowest BCUT2D eigenvalue weighted by Crippen LogP contribution is -2.42. The van der Waals surface area contributed by atoms with Crippen LogP contribution in [0.5, 0.6) is 0 Å². The van der Waals surface area contributed by atoms with E-state index >= 15 is 0 Å². The molecule has 32 heavy (non-hydrogen) atoms. The van der Waals surface area contributed by atoms with Gasteiger partial charge in [0.25, 0.3) is 0 Å². The van der Waals surface area contributed by atoms with Crippen molar-refractivity contribution in [2.24, 2.45) is 22.8 Å². The summed E-state index contributed by atoms with van der Waals surface area (Å²) in [4.78, 5) is 17.2. The zero-order valence-electron chi connectivity index (χ0n) is 17.9. The van der Waals surface area contributed by atoms with Gasteiger partial charge < -0.3 is 25.9 Å². The number of rotatable bonds is 6. The fourth-order valence-electron chi connectivity index (χ4n) is 3.76. The molecule has 0 bridgehead atoms. The van der Waals surface area contributed by atoms with E-state index in [-0.39, 0.29) is 17.3 Å². The number of halogens is 1. The molecule has 2 aliphatic rings. The number of imidazole rings is 1. The third kappa shape index (κ3) is 4.16. The van der Waals surface area contributed by atoms with Gasteiger partial charge in [0.2, 0.25) is 6.29 Å². The van der Waals surface area contributed by atoms with E-state index in [2.05, 4.69) is 9.97 Å². The summed E-state index contributed by atoms with van der Waals surface area (Å²) in [5.74, 6) is 1.24. The minimum absolute atomic E-state index is 0.189. The molecule has 1 unspecified atom stereocenters. The van der Waals surface area contributed by atoms with Crippen LogP contribution in [0.4, 0.5) is 4.39 Å². The van der Waals surface area contributed by atoms with Crippen molar-refractivity contribution in [3.63, 3.8) is 0 Å². The molecule has 9 heteroatoms. The molecule has 1 saturated carbocycles. The number of nitrogens with one attached hydrogen (secondary N) is 1. The summed E-state index contributed by atoms with van der Waals surface area (Å²) in [6, 6.07) is 7.80. The normalized spacial score (nSPS) is 24.4. The lowest BCUT2D eigenvalue weighted by atomic mass is 9.93. The molecule has 168 valence electrons. The Bertz CT molecular complexity index is 1090. The summed E-state index contributed by atoms with van der Waals surface area (Å²) in [7, 11) is 0. The van der Waals surface area contributed by atoms with E-state index in [0.717, 1.165) is 18.4 Å². The molecule has 0 spiro atoms. The number of nitrogens with two attached hydrogens (primary N) is 2. The fourth-order valence-corrected chi connectivity index (χ4v) is 3.76. The van der Waals surface area contributed by atoms with E-state index in [1.165, 1.54) is 12.1 Å². The monoisotopic (exact) mass is 438 g/mol. The largest absolute Gasteiger partial charge is 0.345 e. The molecule has 0 amide bonds. The number of aromatic nitrogens is 4. The van der Waals surface area contributed by atoms with Gasteiger partial charge in [-0.2, -0.15) is 0 Å². The van der Waals surface area contributed by atoms with Crippen LogP contribution in [0.15, 0.2) is 36.5 Å². The Hall–Kier alpha value is -2.72. The number of benzene rings is 1. The van der Waals surface area contributed by atoms with Crippen LogP contribution in [0, 0.1) is 17.2 Å². The number of aromatic amines is 1. The first-order valence-electron chi connectivity index (χ1n) is 10.8. The van der Waals surface area contributed by atoms with Gasteiger partial charge in [-0.15, -0.1) is 0 Å². The Morgan fingerprint density at radius 2 is 1.88 bits per heavy atom. The van der Waals surface area contributed by atoms with Gasteiger partial charge in [-0.05, 0) is 49.1 Å². The Morgan fingerprint density at radius 1 is 1.16 bits per heavy atom. The molecule has 1 aromatic carbocycles. The second-order valence-electron chi connectivity index (χ2n) is 8.98. The minimum Gasteiger partial charge on any atom is -0.345 e. The summed E-state index contributed by atoms with van der Waals surface area (Å²) in [5.41, 5.74) is 14.7. The van der Waals surface area contributed by atoms with E-state index in [1.54, 1.807) is 18.3 Å². The van der Waals surface area contributed by atoms with Crippen molar-refractivity contribution in [1.82, 2.24) is 19.9 Å². The number of nitrogens with zero attached hydrogens (tertiary/aromatic N) is 3. The van der Waals surface area contributed by atoms with E-state index in [0.29, 0.717) is 54.4 Å². The molecule has 1 aliphatic carbocycles. The van der Waals surface area contributed by atoms with E-state index < -0.39 is 6.29 Å². The molecule has 1 atom stereocenters. The molecule has 2 fully saturated rings. The third-order valence-corrected chi connectivity index (χ3v) is 6.08. The van der Waals surface area contributed by atoms with Crippen LogP contribution in [0.25, 0.3) is 22.6 Å². The molecular formula is C23H27FN6O2. The van der Waals surface area contributed by atoms with Crippen molar-refractivity contribution < 1.29 is 13.9 Å². The molecule has 5 N–H and O–H groups in total. The SMILES string of the molecule is CC1(CN)COC(c2nc(-c3ccc(F)cc3)c(-c3ccnc(C(N)C4CC4)n3)[nH]2)OC1. The molecule has 3 heterocycles. The molecule has 3 aromatic rings. The highest BCUT2D eigenvalue weighted by molar-refractivity contribution is 5.76. The van der Waals surface area contributed by atoms with Crippen LogP contribution in [-0.2, 0) is 9.47 Å². The third-order valence-electron chi connectivity index (χ3n) is 6.08. The summed E-state index contributed by atoms with van der Waals surface area (Å²) in [6.45, 7) is 3.41. The van der Waals surface area contributed by atoms with Gasteiger partial charge in [-0.25, -0.2) is 19.3 Å². The fraction of sp³-hybridized carbons (Fsp3) is 0.435. The van der Waals surface area contributed by atoms with Gasteiger partial charge in [0.05, 0.1) is 36.3 Å². The van der Waals surface area contributed by atoms with Crippen molar-refractivity contribution in [3.05, 3.63) is 54.0 Å². The van der Waals surface area contributed by atoms with E-state index in [4.69, 9.17) is 30.9 Å². The molecule has 2 aromatic heterocycles. The molecule has 1 saturated heterocycles. The summed E-state index contributed by atoms with van der Waals surface area (Å²) >= 11 is 0. The summed E-state index contributed by atoms with van der Waals surface area (Å²) in [5, 5.41) is 0. The highest BCUT2D eigenvalue weighted by atomic mass is 19.1. The van der Waals surface area contributed by atoms with Crippen LogP contribution < -0.4 is 11.5 Å². The smallest absolute Gasteiger partial charge is 0.217 e. The van der Waals surface area contributed by atoms with Gasteiger partial charge in [0, 0.05) is 23.7 Å². The predicted molar refractivity (Wildman–Crippen MR) is 116 cm³/mol.